The highest BCUT2D eigenvalue weighted by Gasteiger charge is 2.32. The van der Waals surface area contributed by atoms with Crippen LogP contribution in [0.15, 0.2) is 54.6 Å². The summed E-state index contributed by atoms with van der Waals surface area (Å²) >= 11 is 0. The van der Waals surface area contributed by atoms with Gasteiger partial charge in [0.25, 0.3) is 0 Å². The SMILES string of the molecule is COP(=O)(CCC(C(=O)O)N(C=O)OCc1ccccc1)Oc1ccc(C)cc1. The normalized spacial score (nSPS) is 13.9. The van der Waals surface area contributed by atoms with Gasteiger partial charge < -0.3 is 14.2 Å². The van der Waals surface area contributed by atoms with Crippen molar-refractivity contribution in [1.29, 1.82) is 0 Å². The fourth-order valence-electron chi connectivity index (χ4n) is 2.49. The van der Waals surface area contributed by atoms with E-state index in [-0.39, 0.29) is 19.2 Å². The lowest BCUT2D eigenvalue weighted by Crippen LogP contribution is -2.41. The Balaban J connectivity index is 2.02. The summed E-state index contributed by atoms with van der Waals surface area (Å²) in [6.07, 6.45) is -0.104. The molecular weight excluding hydrogens is 397 g/mol. The lowest BCUT2D eigenvalue weighted by Gasteiger charge is -2.25. The molecule has 0 saturated heterocycles. The number of rotatable bonds is 12. The van der Waals surface area contributed by atoms with Crippen LogP contribution in [0.3, 0.4) is 0 Å². The molecular formula is C20H24NO7P. The van der Waals surface area contributed by atoms with E-state index in [4.69, 9.17) is 13.9 Å². The first-order valence-electron chi connectivity index (χ1n) is 8.91. The van der Waals surface area contributed by atoms with Crippen molar-refractivity contribution in [1.82, 2.24) is 5.06 Å². The molecule has 2 rings (SSSR count). The molecule has 0 saturated carbocycles. The molecule has 8 nitrogen and oxygen atoms in total. The number of carbonyl (C=O) groups excluding carboxylic acids is 1. The van der Waals surface area contributed by atoms with Gasteiger partial charge in [-0.05, 0) is 31.0 Å². The first-order valence-corrected chi connectivity index (χ1v) is 10.6. The maximum absolute atomic E-state index is 12.9. The van der Waals surface area contributed by atoms with Gasteiger partial charge in [-0.3, -0.25) is 9.63 Å². The van der Waals surface area contributed by atoms with Crippen LogP contribution >= 0.6 is 7.60 Å². The maximum Gasteiger partial charge on any atom is 0.379 e. The molecule has 0 aliphatic heterocycles. The highest BCUT2D eigenvalue weighted by atomic mass is 31.2. The molecule has 2 unspecified atom stereocenters. The third kappa shape index (κ3) is 7.02. The quantitative estimate of drug-likeness (QED) is 0.317. The van der Waals surface area contributed by atoms with E-state index >= 15 is 0 Å². The van der Waals surface area contributed by atoms with E-state index in [9.17, 15) is 19.3 Å². The number of carboxylic acids is 1. The predicted octanol–water partition coefficient (Wildman–Crippen LogP) is 3.65. The van der Waals surface area contributed by atoms with E-state index in [0.29, 0.717) is 17.2 Å². The first-order chi connectivity index (χ1) is 13.9. The fourth-order valence-corrected chi connectivity index (χ4v) is 3.84. The summed E-state index contributed by atoms with van der Waals surface area (Å²) in [5, 5.41) is 10.2. The molecule has 0 aromatic heterocycles. The number of carbonyl (C=O) groups is 2. The van der Waals surface area contributed by atoms with Crippen molar-refractivity contribution in [2.24, 2.45) is 0 Å². The zero-order chi connectivity index (χ0) is 21.3. The molecule has 29 heavy (non-hydrogen) atoms. The van der Waals surface area contributed by atoms with Crippen molar-refractivity contribution >= 4 is 20.0 Å². The molecule has 0 bridgehead atoms. The second-order valence-electron chi connectivity index (χ2n) is 6.29. The number of aliphatic carboxylic acids is 1. The van der Waals surface area contributed by atoms with Crippen molar-refractivity contribution in [2.75, 3.05) is 13.3 Å². The first kappa shape index (κ1) is 22.6. The van der Waals surface area contributed by atoms with Crippen molar-refractivity contribution < 1.29 is 33.1 Å². The second kappa shape index (κ2) is 10.8. The van der Waals surface area contributed by atoms with Crippen molar-refractivity contribution in [2.45, 2.75) is 26.0 Å². The zero-order valence-electron chi connectivity index (χ0n) is 16.3. The number of nitrogens with zero attached hydrogens (tertiary/aromatic N) is 1. The molecule has 2 atom stereocenters. The minimum Gasteiger partial charge on any atom is -0.480 e. The van der Waals surface area contributed by atoms with E-state index < -0.39 is 19.6 Å². The Bertz CT molecular complexity index is 842. The standard InChI is InChI=1S/C20H24NO7P/c1-16-8-10-18(11-9-16)28-29(25,26-2)13-12-19(20(23)24)21(15-22)27-14-17-6-4-3-5-7-17/h3-11,15,19H,12-14H2,1-2H3,(H,23,24). The molecule has 1 N–H and O–H groups in total. The second-order valence-corrected chi connectivity index (χ2v) is 8.51. The molecule has 9 heteroatoms. The lowest BCUT2D eigenvalue weighted by molar-refractivity contribution is -0.200. The van der Waals surface area contributed by atoms with E-state index in [1.807, 2.05) is 13.0 Å². The van der Waals surface area contributed by atoms with Gasteiger partial charge in [0.15, 0.2) is 6.04 Å². The van der Waals surface area contributed by atoms with Gasteiger partial charge in [-0.2, -0.15) is 0 Å². The number of hydrogen-bond donors (Lipinski definition) is 1. The van der Waals surface area contributed by atoms with E-state index in [0.717, 1.165) is 11.1 Å². The monoisotopic (exact) mass is 421 g/mol. The number of aryl methyl sites for hydroxylation is 1. The molecule has 0 heterocycles. The Kier molecular flexibility index (Phi) is 8.39. The van der Waals surface area contributed by atoms with Gasteiger partial charge in [-0.1, -0.05) is 48.0 Å². The van der Waals surface area contributed by atoms with Gasteiger partial charge in [0.05, 0.1) is 6.16 Å². The van der Waals surface area contributed by atoms with Crippen LogP contribution in [-0.2, 0) is 30.1 Å². The van der Waals surface area contributed by atoms with Gasteiger partial charge in [-0.15, -0.1) is 0 Å². The minimum absolute atomic E-state index is 0.0190. The summed E-state index contributed by atoms with van der Waals surface area (Å²) in [5.74, 6) is -0.941. The molecule has 156 valence electrons. The van der Waals surface area contributed by atoms with Crippen LogP contribution in [-0.4, -0.2) is 41.9 Å². The highest BCUT2D eigenvalue weighted by molar-refractivity contribution is 7.54. The summed E-state index contributed by atoms with van der Waals surface area (Å²) in [6, 6.07) is 14.5. The van der Waals surface area contributed by atoms with Gasteiger partial charge >= 0.3 is 13.6 Å². The molecule has 1 amide bonds. The average Bonchev–Trinajstić information content (AvgIpc) is 2.72. The smallest absolute Gasteiger partial charge is 0.379 e. The molecule has 0 aliphatic rings. The number of hydrogen-bond acceptors (Lipinski definition) is 6. The average molecular weight is 421 g/mol. The Morgan fingerprint density at radius 3 is 2.38 bits per heavy atom. The van der Waals surface area contributed by atoms with Crippen LogP contribution in [0.4, 0.5) is 0 Å². The third-order valence-corrected chi connectivity index (χ3v) is 5.99. The minimum atomic E-state index is -3.62. The van der Waals surface area contributed by atoms with E-state index in [1.54, 1.807) is 48.5 Å². The van der Waals surface area contributed by atoms with E-state index in [2.05, 4.69) is 0 Å². The molecule has 2 aromatic carbocycles. The molecule has 0 spiro atoms. The Labute approximate surface area is 169 Å². The molecule has 0 radical (unpaired) electrons. The predicted molar refractivity (Wildman–Crippen MR) is 106 cm³/mol. The number of carboxylic acid groups (broad SMARTS) is 1. The summed E-state index contributed by atoms with van der Waals surface area (Å²) in [5.41, 5.74) is 1.78. The molecule has 2 aromatic rings. The van der Waals surface area contributed by atoms with Crippen LogP contribution in [0, 0.1) is 6.92 Å². The zero-order valence-corrected chi connectivity index (χ0v) is 17.2. The highest BCUT2D eigenvalue weighted by Crippen LogP contribution is 2.48. The van der Waals surface area contributed by atoms with Crippen molar-refractivity contribution in [3.8, 4) is 5.75 Å². The van der Waals surface area contributed by atoms with E-state index in [1.165, 1.54) is 7.11 Å². The van der Waals surface area contributed by atoms with Crippen LogP contribution in [0.2, 0.25) is 0 Å². The summed E-state index contributed by atoms with van der Waals surface area (Å²) in [7, 11) is -2.39. The number of amides is 1. The van der Waals surface area contributed by atoms with Gasteiger partial charge in [0, 0.05) is 7.11 Å². The summed E-state index contributed by atoms with van der Waals surface area (Å²) < 4.78 is 23.4. The van der Waals surface area contributed by atoms with Crippen LogP contribution in [0.1, 0.15) is 17.5 Å². The van der Waals surface area contributed by atoms with Crippen molar-refractivity contribution in [3.05, 3.63) is 65.7 Å². The lowest BCUT2D eigenvalue weighted by atomic mass is 10.2. The third-order valence-electron chi connectivity index (χ3n) is 4.14. The van der Waals surface area contributed by atoms with Crippen LogP contribution in [0.25, 0.3) is 0 Å². The number of hydroxylamine groups is 2. The van der Waals surface area contributed by atoms with Gasteiger partial charge in [0.1, 0.15) is 12.4 Å². The summed E-state index contributed by atoms with van der Waals surface area (Å²) in [4.78, 5) is 28.4. The fraction of sp³-hybridized carbons (Fsp3) is 0.300. The van der Waals surface area contributed by atoms with Crippen molar-refractivity contribution in [3.63, 3.8) is 0 Å². The van der Waals surface area contributed by atoms with Crippen LogP contribution in [0.5, 0.6) is 5.75 Å². The largest absolute Gasteiger partial charge is 0.480 e. The maximum atomic E-state index is 12.9. The van der Waals surface area contributed by atoms with Gasteiger partial charge in [0.2, 0.25) is 6.41 Å². The van der Waals surface area contributed by atoms with Gasteiger partial charge in [-0.25, -0.2) is 14.4 Å². The molecule has 0 aliphatic carbocycles. The Morgan fingerprint density at radius 1 is 1.17 bits per heavy atom. The van der Waals surface area contributed by atoms with Crippen LogP contribution < -0.4 is 4.52 Å². The molecule has 0 fully saturated rings. The summed E-state index contributed by atoms with van der Waals surface area (Å²) in [6.45, 7) is 1.92. The Hall–Kier alpha value is -2.67. The topological polar surface area (TPSA) is 102 Å². The number of benzene rings is 2. The Morgan fingerprint density at radius 2 is 1.83 bits per heavy atom.